The second-order valence-electron chi connectivity index (χ2n) is 10.4. The van der Waals surface area contributed by atoms with Gasteiger partial charge in [-0.05, 0) is 37.0 Å². The molecular formula is C32H37N3O6. The summed E-state index contributed by atoms with van der Waals surface area (Å²) in [6.45, 7) is 1.86. The van der Waals surface area contributed by atoms with E-state index in [1.54, 1.807) is 4.90 Å². The third-order valence-corrected chi connectivity index (χ3v) is 7.37. The summed E-state index contributed by atoms with van der Waals surface area (Å²) in [5.41, 5.74) is 2.70. The highest BCUT2D eigenvalue weighted by Gasteiger charge is 2.32. The molecule has 9 heteroatoms. The van der Waals surface area contributed by atoms with E-state index in [0.29, 0.717) is 6.42 Å². The summed E-state index contributed by atoms with van der Waals surface area (Å²) in [6.07, 6.45) is 5.53. The molecule has 9 nitrogen and oxygen atoms in total. The number of ether oxygens (including phenoxy) is 2. The molecule has 2 amide bonds. The van der Waals surface area contributed by atoms with Gasteiger partial charge in [0.05, 0.1) is 12.0 Å². The van der Waals surface area contributed by atoms with Crippen molar-refractivity contribution in [1.29, 1.82) is 0 Å². The van der Waals surface area contributed by atoms with Crippen LogP contribution in [0.25, 0.3) is 0 Å². The van der Waals surface area contributed by atoms with E-state index in [2.05, 4.69) is 5.32 Å². The topological polar surface area (TPSA) is 111 Å². The van der Waals surface area contributed by atoms with Gasteiger partial charge in [-0.2, -0.15) is 0 Å². The van der Waals surface area contributed by atoms with Gasteiger partial charge in [0.2, 0.25) is 11.7 Å². The Hall–Kier alpha value is -4.40. The number of benzene rings is 3. The monoisotopic (exact) mass is 559 g/mol. The van der Waals surface area contributed by atoms with Gasteiger partial charge in [0.15, 0.2) is 6.61 Å². The molecule has 1 N–H and O–H groups in total. The Kier molecular flexibility index (Phi) is 10.3. The fourth-order valence-electron chi connectivity index (χ4n) is 5.23. The first-order chi connectivity index (χ1) is 19.8. The van der Waals surface area contributed by atoms with Crippen LogP contribution in [0.1, 0.15) is 48.8 Å². The third kappa shape index (κ3) is 8.30. The molecule has 1 aliphatic carbocycles. The molecule has 1 aliphatic rings. The van der Waals surface area contributed by atoms with Gasteiger partial charge in [0.1, 0.15) is 11.8 Å². The molecule has 0 aromatic heterocycles. The van der Waals surface area contributed by atoms with Crippen LogP contribution < -0.4 is 14.8 Å². The van der Waals surface area contributed by atoms with E-state index < -0.39 is 11.0 Å². The SMILES string of the molecule is COc1cc(OCC(=O)N(Cc2cccc(C)c2)C(Cc2ccccc2)C(=O)NC2CCCCC2)ccc1[N+](=O)[O-]. The van der Waals surface area contributed by atoms with Crippen molar-refractivity contribution in [3.63, 3.8) is 0 Å². The number of rotatable bonds is 12. The summed E-state index contributed by atoms with van der Waals surface area (Å²) < 4.78 is 10.9. The van der Waals surface area contributed by atoms with Gasteiger partial charge in [0.25, 0.3) is 5.91 Å². The lowest BCUT2D eigenvalue weighted by atomic mass is 9.94. The Labute approximate surface area is 240 Å². The van der Waals surface area contributed by atoms with Crippen molar-refractivity contribution in [2.45, 2.75) is 64.1 Å². The molecule has 1 atom stereocenters. The summed E-state index contributed by atoms with van der Waals surface area (Å²) in [6, 6.07) is 20.9. The van der Waals surface area contributed by atoms with Crippen LogP contribution in [0.5, 0.6) is 11.5 Å². The summed E-state index contributed by atoms with van der Waals surface area (Å²) in [5, 5.41) is 14.5. The van der Waals surface area contributed by atoms with Crippen LogP contribution in [0.15, 0.2) is 72.8 Å². The maximum Gasteiger partial charge on any atom is 0.311 e. The number of nitrogens with zero attached hydrogens (tertiary/aromatic N) is 2. The van der Waals surface area contributed by atoms with Crippen LogP contribution in [0, 0.1) is 17.0 Å². The van der Waals surface area contributed by atoms with Crippen LogP contribution in [-0.2, 0) is 22.6 Å². The second kappa shape index (κ2) is 14.3. The lowest BCUT2D eigenvalue weighted by Crippen LogP contribution is -2.53. The Morgan fingerprint density at radius 2 is 1.73 bits per heavy atom. The van der Waals surface area contributed by atoms with Crippen molar-refractivity contribution in [2.75, 3.05) is 13.7 Å². The number of hydrogen-bond donors (Lipinski definition) is 1. The average Bonchev–Trinajstić information content (AvgIpc) is 2.98. The lowest BCUT2D eigenvalue weighted by Gasteiger charge is -2.33. The number of aryl methyl sites for hydroxylation is 1. The van der Waals surface area contributed by atoms with Crippen LogP contribution in [0.2, 0.25) is 0 Å². The molecule has 216 valence electrons. The first-order valence-corrected chi connectivity index (χ1v) is 14.0. The van der Waals surface area contributed by atoms with Gasteiger partial charge in [0, 0.05) is 31.1 Å². The molecule has 3 aromatic carbocycles. The molecule has 3 aromatic rings. The minimum atomic E-state index is -0.762. The normalized spacial score (nSPS) is 14.1. The van der Waals surface area contributed by atoms with Crippen LogP contribution >= 0.6 is 0 Å². The molecule has 41 heavy (non-hydrogen) atoms. The molecule has 0 heterocycles. The van der Waals surface area contributed by atoms with Gasteiger partial charge in [-0.25, -0.2) is 0 Å². The molecule has 0 bridgehead atoms. The van der Waals surface area contributed by atoms with Crippen LogP contribution in [-0.4, -0.2) is 47.4 Å². The lowest BCUT2D eigenvalue weighted by molar-refractivity contribution is -0.385. The molecule has 1 saturated carbocycles. The number of nitrogens with one attached hydrogen (secondary N) is 1. The maximum atomic E-state index is 13.9. The number of carbonyl (C=O) groups excluding carboxylic acids is 2. The Morgan fingerprint density at radius 3 is 2.41 bits per heavy atom. The third-order valence-electron chi connectivity index (χ3n) is 7.37. The number of hydrogen-bond acceptors (Lipinski definition) is 6. The molecule has 1 fully saturated rings. The molecule has 0 spiro atoms. The van der Waals surface area contributed by atoms with Crippen molar-refractivity contribution < 1.29 is 24.0 Å². The predicted molar refractivity (Wildman–Crippen MR) is 156 cm³/mol. The summed E-state index contributed by atoms with van der Waals surface area (Å²) in [7, 11) is 1.33. The minimum absolute atomic E-state index is 0.0328. The first kappa shape index (κ1) is 29.6. The smallest absolute Gasteiger partial charge is 0.311 e. The van der Waals surface area contributed by atoms with Crippen LogP contribution in [0.3, 0.4) is 0 Å². The summed E-state index contributed by atoms with van der Waals surface area (Å²) >= 11 is 0. The zero-order valence-electron chi connectivity index (χ0n) is 23.6. The number of carbonyl (C=O) groups is 2. The van der Waals surface area contributed by atoms with Gasteiger partial charge >= 0.3 is 5.69 Å². The van der Waals surface area contributed by atoms with Crippen molar-refractivity contribution in [1.82, 2.24) is 10.2 Å². The van der Waals surface area contributed by atoms with Crippen molar-refractivity contribution >= 4 is 17.5 Å². The highest BCUT2D eigenvalue weighted by atomic mass is 16.6. The molecular weight excluding hydrogens is 522 g/mol. The van der Waals surface area contributed by atoms with Crippen molar-refractivity contribution in [3.05, 3.63) is 99.6 Å². The zero-order chi connectivity index (χ0) is 29.2. The van der Waals surface area contributed by atoms with E-state index >= 15 is 0 Å². The standard InChI is InChI=1S/C32H37N3O6/c1-23-10-9-13-25(18-23)21-34(31(36)22-41-27-16-17-28(35(38)39)30(20-27)40-2)29(19-24-11-5-3-6-12-24)32(37)33-26-14-7-4-8-15-26/h3,5-6,9-13,16-18,20,26,29H,4,7-8,14-15,19,21-22H2,1-2H3,(H,33,37). The Bertz CT molecular complexity index is 1340. The molecule has 4 rings (SSSR count). The fraction of sp³-hybridized carbons (Fsp3) is 0.375. The molecule has 0 saturated heterocycles. The predicted octanol–water partition coefficient (Wildman–Crippen LogP) is 5.38. The quantitative estimate of drug-likeness (QED) is 0.236. The molecule has 0 aliphatic heterocycles. The van der Waals surface area contributed by atoms with Crippen molar-refractivity contribution in [3.8, 4) is 11.5 Å². The summed E-state index contributed by atoms with van der Waals surface area (Å²) in [4.78, 5) is 40.0. The number of nitro benzene ring substituents is 1. The Morgan fingerprint density at radius 1 is 1.00 bits per heavy atom. The maximum absolute atomic E-state index is 13.9. The van der Waals surface area contributed by atoms with E-state index in [9.17, 15) is 19.7 Å². The Balaban J connectivity index is 1.61. The zero-order valence-corrected chi connectivity index (χ0v) is 23.6. The van der Waals surface area contributed by atoms with E-state index in [1.807, 2.05) is 61.5 Å². The van der Waals surface area contributed by atoms with Crippen LogP contribution in [0.4, 0.5) is 5.69 Å². The van der Waals surface area contributed by atoms with Gasteiger partial charge in [-0.1, -0.05) is 79.4 Å². The van der Waals surface area contributed by atoms with Gasteiger partial charge in [-0.3, -0.25) is 19.7 Å². The minimum Gasteiger partial charge on any atom is -0.490 e. The van der Waals surface area contributed by atoms with E-state index in [0.717, 1.165) is 42.4 Å². The highest BCUT2D eigenvalue weighted by Crippen LogP contribution is 2.31. The first-order valence-electron chi connectivity index (χ1n) is 14.0. The van der Waals surface area contributed by atoms with E-state index in [4.69, 9.17) is 9.47 Å². The largest absolute Gasteiger partial charge is 0.490 e. The van der Waals surface area contributed by atoms with E-state index in [-0.39, 0.29) is 48.2 Å². The number of nitro groups is 1. The van der Waals surface area contributed by atoms with Gasteiger partial charge in [-0.15, -0.1) is 0 Å². The molecule has 1 unspecified atom stereocenters. The number of amides is 2. The average molecular weight is 560 g/mol. The molecule has 0 radical (unpaired) electrons. The van der Waals surface area contributed by atoms with Crippen molar-refractivity contribution in [2.24, 2.45) is 0 Å². The highest BCUT2D eigenvalue weighted by molar-refractivity contribution is 5.88. The van der Waals surface area contributed by atoms with Gasteiger partial charge < -0.3 is 19.7 Å². The second-order valence-corrected chi connectivity index (χ2v) is 10.4. The fourth-order valence-corrected chi connectivity index (χ4v) is 5.23. The van der Waals surface area contributed by atoms with E-state index in [1.165, 1.54) is 31.7 Å². The number of methoxy groups -OCH3 is 1. The summed E-state index contributed by atoms with van der Waals surface area (Å²) in [5.74, 6) is -0.268.